The van der Waals surface area contributed by atoms with Crippen molar-refractivity contribution in [3.8, 4) is 11.4 Å². The van der Waals surface area contributed by atoms with Gasteiger partial charge in [-0.1, -0.05) is 35.5 Å². The summed E-state index contributed by atoms with van der Waals surface area (Å²) in [5.74, 6) is 2.19. The number of nitrogens with one attached hydrogen (secondary N) is 1. The molecular weight excluding hydrogens is 264 g/mol. The number of nitrogens with zero attached hydrogens (tertiary/aromatic N) is 3. The molecule has 5 heteroatoms. The van der Waals surface area contributed by atoms with Gasteiger partial charge in [0.2, 0.25) is 11.7 Å². The summed E-state index contributed by atoms with van der Waals surface area (Å²) in [6, 6.07) is 10.7. The molecule has 0 aliphatic carbocycles. The van der Waals surface area contributed by atoms with Crippen molar-refractivity contribution >= 4 is 0 Å². The fraction of sp³-hybridized carbons (Fsp3) is 0.500. The molecule has 0 bridgehead atoms. The van der Waals surface area contributed by atoms with Crippen LogP contribution in [0.3, 0.4) is 0 Å². The highest BCUT2D eigenvalue weighted by Crippen LogP contribution is 2.25. The van der Waals surface area contributed by atoms with Crippen LogP contribution >= 0.6 is 0 Å². The summed E-state index contributed by atoms with van der Waals surface area (Å²) >= 11 is 0. The van der Waals surface area contributed by atoms with E-state index in [4.69, 9.17) is 4.52 Å². The van der Waals surface area contributed by atoms with Gasteiger partial charge in [-0.2, -0.15) is 4.98 Å². The molecule has 2 saturated heterocycles. The largest absolute Gasteiger partial charge is 0.338 e. The van der Waals surface area contributed by atoms with Crippen LogP contribution in [0.4, 0.5) is 0 Å². The molecular formula is C16H20N4O. The molecule has 0 radical (unpaired) electrons. The molecule has 2 fully saturated rings. The third kappa shape index (κ3) is 2.71. The number of likely N-dealkylation sites (tertiary alicyclic amines) is 1. The first-order valence-corrected chi connectivity index (χ1v) is 7.72. The van der Waals surface area contributed by atoms with E-state index in [0.717, 1.165) is 43.0 Å². The predicted octanol–water partition coefficient (Wildman–Crippen LogP) is 1.92. The van der Waals surface area contributed by atoms with Crippen molar-refractivity contribution in [2.24, 2.45) is 5.92 Å². The number of piperidine rings is 1. The van der Waals surface area contributed by atoms with Crippen molar-refractivity contribution in [3.63, 3.8) is 0 Å². The molecule has 2 atom stereocenters. The summed E-state index contributed by atoms with van der Waals surface area (Å²) in [4.78, 5) is 6.97. The quantitative estimate of drug-likeness (QED) is 0.933. The van der Waals surface area contributed by atoms with E-state index in [2.05, 4.69) is 20.4 Å². The lowest BCUT2D eigenvalue weighted by molar-refractivity contribution is 0.140. The number of benzene rings is 1. The standard InChI is InChI=1S/C16H20N4O/c1-2-4-12(5-3-1)16-18-15(21-19-16)11-20-9-7-14-13(10-20)6-8-17-14/h1-5,13-14,17H,6-11H2. The van der Waals surface area contributed by atoms with Crippen LogP contribution < -0.4 is 5.32 Å². The van der Waals surface area contributed by atoms with Gasteiger partial charge in [-0.05, 0) is 25.3 Å². The molecule has 2 aliphatic rings. The smallest absolute Gasteiger partial charge is 0.241 e. The topological polar surface area (TPSA) is 54.2 Å². The minimum Gasteiger partial charge on any atom is -0.338 e. The molecule has 21 heavy (non-hydrogen) atoms. The summed E-state index contributed by atoms with van der Waals surface area (Å²) in [5, 5.41) is 7.68. The van der Waals surface area contributed by atoms with E-state index in [1.807, 2.05) is 30.3 Å². The lowest BCUT2D eigenvalue weighted by atomic mass is 9.93. The molecule has 1 aromatic heterocycles. The minimum absolute atomic E-state index is 0.683. The normalized spacial score (nSPS) is 25.9. The average molecular weight is 284 g/mol. The first-order chi connectivity index (χ1) is 10.4. The fourth-order valence-corrected chi connectivity index (χ4v) is 3.48. The van der Waals surface area contributed by atoms with Gasteiger partial charge < -0.3 is 9.84 Å². The molecule has 3 heterocycles. The van der Waals surface area contributed by atoms with Crippen LogP contribution in [0.1, 0.15) is 18.7 Å². The Morgan fingerprint density at radius 2 is 2.14 bits per heavy atom. The second-order valence-corrected chi connectivity index (χ2v) is 6.01. The van der Waals surface area contributed by atoms with Gasteiger partial charge in [0.1, 0.15) is 0 Å². The van der Waals surface area contributed by atoms with Gasteiger partial charge in [0.05, 0.1) is 6.54 Å². The highest BCUT2D eigenvalue weighted by Gasteiger charge is 2.32. The van der Waals surface area contributed by atoms with Gasteiger partial charge in [-0.25, -0.2) is 0 Å². The fourth-order valence-electron chi connectivity index (χ4n) is 3.48. The van der Waals surface area contributed by atoms with E-state index in [1.165, 1.54) is 19.4 Å². The summed E-state index contributed by atoms with van der Waals surface area (Å²) in [5.41, 5.74) is 1.01. The van der Waals surface area contributed by atoms with Crippen molar-refractivity contribution in [3.05, 3.63) is 36.2 Å². The Hall–Kier alpha value is -1.72. The maximum Gasteiger partial charge on any atom is 0.241 e. The molecule has 110 valence electrons. The minimum atomic E-state index is 0.683. The zero-order chi connectivity index (χ0) is 14.1. The monoisotopic (exact) mass is 284 g/mol. The Balaban J connectivity index is 1.42. The Bertz CT molecular complexity index is 597. The zero-order valence-corrected chi connectivity index (χ0v) is 12.0. The molecule has 2 aliphatic heterocycles. The molecule has 4 rings (SSSR count). The molecule has 2 aromatic rings. The van der Waals surface area contributed by atoms with Gasteiger partial charge in [0.15, 0.2) is 0 Å². The van der Waals surface area contributed by atoms with Crippen LogP contribution in [0.25, 0.3) is 11.4 Å². The predicted molar refractivity (Wildman–Crippen MR) is 79.5 cm³/mol. The van der Waals surface area contributed by atoms with Gasteiger partial charge in [-0.3, -0.25) is 4.90 Å². The summed E-state index contributed by atoms with van der Waals surface area (Å²) in [7, 11) is 0. The first kappa shape index (κ1) is 13.0. The SMILES string of the molecule is c1ccc(-c2noc(CN3CCC4NCCC4C3)n2)cc1. The van der Waals surface area contributed by atoms with Crippen LogP contribution in [0.2, 0.25) is 0 Å². The van der Waals surface area contributed by atoms with Crippen molar-refractivity contribution in [1.82, 2.24) is 20.4 Å². The Labute approximate surface area is 124 Å². The highest BCUT2D eigenvalue weighted by molar-refractivity contribution is 5.53. The molecule has 1 aromatic carbocycles. The molecule has 5 nitrogen and oxygen atoms in total. The molecule has 0 spiro atoms. The van der Waals surface area contributed by atoms with Crippen molar-refractivity contribution < 1.29 is 4.52 Å². The first-order valence-electron chi connectivity index (χ1n) is 7.72. The van der Waals surface area contributed by atoms with Crippen molar-refractivity contribution in [1.29, 1.82) is 0 Å². The Morgan fingerprint density at radius 1 is 1.24 bits per heavy atom. The lowest BCUT2D eigenvalue weighted by Gasteiger charge is -2.33. The molecule has 0 saturated carbocycles. The van der Waals surface area contributed by atoms with Crippen molar-refractivity contribution in [2.45, 2.75) is 25.4 Å². The van der Waals surface area contributed by atoms with E-state index in [0.29, 0.717) is 5.82 Å². The highest BCUT2D eigenvalue weighted by atomic mass is 16.5. The van der Waals surface area contributed by atoms with E-state index in [9.17, 15) is 0 Å². The summed E-state index contributed by atoms with van der Waals surface area (Å²) < 4.78 is 5.41. The maximum atomic E-state index is 5.41. The van der Waals surface area contributed by atoms with Gasteiger partial charge in [0, 0.05) is 24.7 Å². The number of fused-ring (bicyclic) bond motifs is 1. The van der Waals surface area contributed by atoms with Crippen molar-refractivity contribution in [2.75, 3.05) is 19.6 Å². The second-order valence-electron chi connectivity index (χ2n) is 6.01. The molecule has 2 unspecified atom stereocenters. The van der Waals surface area contributed by atoms with E-state index < -0.39 is 0 Å². The maximum absolute atomic E-state index is 5.41. The number of rotatable bonds is 3. The molecule has 1 N–H and O–H groups in total. The third-order valence-electron chi connectivity index (χ3n) is 4.60. The van der Waals surface area contributed by atoms with Crippen LogP contribution in [-0.4, -0.2) is 40.7 Å². The van der Waals surface area contributed by atoms with E-state index in [1.54, 1.807) is 0 Å². The van der Waals surface area contributed by atoms with Gasteiger partial charge >= 0.3 is 0 Å². The van der Waals surface area contributed by atoms with Crippen LogP contribution in [0, 0.1) is 5.92 Å². The van der Waals surface area contributed by atoms with E-state index in [-0.39, 0.29) is 0 Å². The van der Waals surface area contributed by atoms with Gasteiger partial charge in [0.25, 0.3) is 0 Å². The number of hydrogen-bond acceptors (Lipinski definition) is 5. The number of hydrogen-bond donors (Lipinski definition) is 1. The van der Waals surface area contributed by atoms with Crippen LogP contribution in [0.15, 0.2) is 34.9 Å². The number of aromatic nitrogens is 2. The lowest BCUT2D eigenvalue weighted by Crippen LogP contribution is -2.43. The average Bonchev–Trinajstić information content (AvgIpc) is 3.17. The Morgan fingerprint density at radius 3 is 3.05 bits per heavy atom. The zero-order valence-electron chi connectivity index (χ0n) is 12.0. The van der Waals surface area contributed by atoms with Gasteiger partial charge in [-0.15, -0.1) is 0 Å². The Kier molecular flexibility index (Phi) is 3.45. The van der Waals surface area contributed by atoms with Crippen LogP contribution in [-0.2, 0) is 6.54 Å². The van der Waals surface area contributed by atoms with E-state index >= 15 is 0 Å². The summed E-state index contributed by atoms with van der Waals surface area (Å²) in [6.07, 6.45) is 2.52. The molecule has 0 amide bonds. The summed E-state index contributed by atoms with van der Waals surface area (Å²) in [6.45, 7) is 4.18. The third-order valence-corrected chi connectivity index (χ3v) is 4.60. The van der Waals surface area contributed by atoms with Crippen LogP contribution in [0.5, 0.6) is 0 Å². The second kappa shape index (κ2) is 5.58.